The zero-order chi connectivity index (χ0) is 16.8. The molecule has 23 heavy (non-hydrogen) atoms. The van der Waals surface area contributed by atoms with Crippen molar-refractivity contribution in [2.24, 2.45) is 5.92 Å². The summed E-state index contributed by atoms with van der Waals surface area (Å²) in [5.41, 5.74) is 0.961. The number of carbonyl (C=O) groups excluding carboxylic acids is 3. The van der Waals surface area contributed by atoms with E-state index in [1.54, 1.807) is 13.0 Å². The van der Waals surface area contributed by atoms with Crippen LogP contribution in [0.5, 0.6) is 0 Å². The molecule has 1 N–H and O–H groups in total. The molecule has 1 saturated heterocycles. The molecule has 0 spiro atoms. The van der Waals surface area contributed by atoms with Crippen LogP contribution in [0.2, 0.25) is 0 Å². The van der Waals surface area contributed by atoms with Crippen LogP contribution >= 0.6 is 0 Å². The van der Waals surface area contributed by atoms with Gasteiger partial charge >= 0.3 is 5.97 Å². The number of imide groups is 1. The second-order valence-corrected chi connectivity index (χ2v) is 5.12. The Kier molecular flexibility index (Phi) is 5.30. The summed E-state index contributed by atoms with van der Waals surface area (Å²) in [6, 6.07) is 9.49. The molecule has 1 aliphatic rings. The minimum Gasteiger partial charge on any atom is -0.511 e. The van der Waals surface area contributed by atoms with Gasteiger partial charge in [-0.15, -0.1) is 5.06 Å². The van der Waals surface area contributed by atoms with Crippen molar-refractivity contribution in [2.75, 3.05) is 0 Å². The standard InChI is InChI=1S/C17H17NO5/c1-12(7-8-13-5-3-2-4-6-13)14(19)11-17(22)23-18-15(20)9-10-16(18)21/h2-8,11-12,19H,9-10H2,1H3/b8-7+,14-11-/t12-/m1/s1. The van der Waals surface area contributed by atoms with Crippen LogP contribution < -0.4 is 0 Å². The van der Waals surface area contributed by atoms with Gasteiger partial charge in [-0.05, 0) is 5.56 Å². The predicted molar refractivity (Wildman–Crippen MR) is 82.5 cm³/mol. The van der Waals surface area contributed by atoms with E-state index in [1.807, 2.05) is 36.4 Å². The van der Waals surface area contributed by atoms with Crippen LogP contribution in [0, 0.1) is 5.92 Å². The van der Waals surface area contributed by atoms with Crippen molar-refractivity contribution in [3.8, 4) is 0 Å². The summed E-state index contributed by atoms with van der Waals surface area (Å²) in [6.07, 6.45) is 4.45. The van der Waals surface area contributed by atoms with Crippen LogP contribution in [-0.2, 0) is 19.2 Å². The molecule has 1 fully saturated rings. The lowest BCUT2D eigenvalue weighted by Gasteiger charge is -2.11. The highest BCUT2D eigenvalue weighted by Crippen LogP contribution is 2.15. The summed E-state index contributed by atoms with van der Waals surface area (Å²) in [5, 5.41) is 10.3. The smallest absolute Gasteiger partial charge is 0.360 e. The van der Waals surface area contributed by atoms with Gasteiger partial charge in [-0.3, -0.25) is 9.59 Å². The van der Waals surface area contributed by atoms with E-state index >= 15 is 0 Å². The number of carbonyl (C=O) groups is 3. The zero-order valence-electron chi connectivity index (χ0n) is 12.6. The highest BCUT2D eigenvalue weighted by Gasteiger charge is 2.32. The number of hydrogen-bond donors (Lipinski definition) is 1. The number of aliphatic hydroxyl groups is 1. The molecule has 1 atom stereocenters. The van der Waals surface area contributed by atoms with Crippen LogP contribution in [0.3, 0.4) is 0 Å². The molecule has 0 saturated carbocycles. The molecule has 1 aromatic carbocycles. The van der Waals surface area contributed by atoms with Gasteiger partial charge in [-0.1, -0.05) is 49.4 Å². The van der Waals surface area contributed by atoms with Gasteiger partial charge in [0.1, 0.15) is 5.76 Å². The van der Waals surface area contributed by atoms with Crippen molar-refractivity contribution in [3.05, 3.63) is 53.8 Å². The average Bonchev–Trinajstić information content (AvgIpc) is 2.85. The maximum Gasteiger partial charge on any atom is 0.360 e. The number of allylic oxidation sites excluding steroid dienone is 1. The van der Waals surface area contributed by atoms with Crippen molar-refractivity contribution in [1.82, 2.24) is 5.06 Å². The normalized spacial score (nSPS) is 16.9. The van der Waals surface area contributed by atoms with Crippen LogP contribution in [0.1, 0.15) is 25.3 Å². The maximum atomic E-state index is 11.7. The van der Waals surface area contributed by atoms with Crippen molar-refractivity contribution in [2.45, 2.75) is 19.8 Å². The van der Waals surface area contributed by atoms with Gasteiger partial charge in [0.2, 0.25) is 0 Å². The van der Waals surface area contributed by atoms with E-state index in [1.165, 1.54) is 0 Å². The van der Waals surface area contributed by atoms with Gasteiger partial charge in [0, 0.05) is 18.8 Å². The van der Waals surface area contributed by atoms with E-state index in [0.29, 0.717) is 5.06 Å². The molecule has 2 rings (SSSR count). The number of rotatable bonds is 5. The molecule has 6 nitrogen and oxygen atoms in total. The first-order chi connectivity index (χ1) is 11.0. The van der Waals surface area contributed by atoms with Crippen LogP contribution in [0.15, 0.2) is 48.2 Å². The molecule has 0 aromatic heterocycles. The molecule has 0 unspecified atom stereocenters. The Morgan fingerprint density at radius 1 is 1.22 bits per heavy atom. The molecular weight excluding hydrogens is 298 g/mol. The van der Waals surface area contributed by atoms with Gasteiger partial charge in [-0.2, -0.15) is 0 Å². The lowest BCUT2D eigenvalue weighted by Crippen LogP contribution is -2.31. The Balaban J connectivity index is 1.95. The largest absolute Gasteiger partial charge is 0.511 e. The van der Waals surface area contributed by atoms with E-state index < -0.39 is 23.7 Å². The van der Waals surface area contributed by atoms with Crippen LogP contribution in [0.25, 0.3) is 6.08 Å². The summed E-state index contributed by atoms with van der Waals surface area (Å²) in [4.78, 5) is 39.0. The minimum absolute atomic E-state index is 0.0258. The van der Waals surface area contributed by atoms with Crippen molar-refractivity contribution >= 4 is 23.9 Å². The Labute approximate surface area is 133 Å². The monoisotopic (exact) mass is 315 g/mol. The zero-order valence-corrected chi connectivity index (χ0v) is 12.6. The molecule has 0 bridgehead atoms. The topological polar surface area (TPSA) is 83.9 Å². The number of hydroxylamine groups is 2. The summed E-state index contributed by atoms with van der Waals surface area (Å²) >= 11 is 0. The SMILES string of the molecule is C[C@H](/C=C/c1ccccc1)/C(O)=C/C(=O)ON1C(=O)CCC1=O. The second kappa shape index (κ2) is 7.40. The summed E-state index contributed by atoms with van der Waals surface area (Å²) in [6.45, 7) is 1.70. The van der Waals surface area contributed by atoms with Crippen LogP contribution in [-0.4, -0.2) is 28.0 Å². The Morgan fingerprint density at radius 3 is 2.43 bits per heavy atom. The first-order valence-corrected chi connectivity index (χ1v) is 7.19. The molecule has 0 aliphatic carbocycles. The maximum absolute atomic E-state index is 11.7. The van der Waals surface area contributed by atoms with Crippen molar-refractivity contribution in [1.29, 1.82) is 0 Å². The fourth-order valence-corrected chi connectivity index (χ4v) is 1.94. The van der Waals surface area contributed by atoms with Gasteiger partial charge in [0.05, 0.1) is 6.08 Å². The van der Waals surface area contributed by atoms with Gasteiger partial charge in [0.25, 0.3) is 11.8 Å². The molecule has 0 radical (unpaired) electrons. The number of hydrogen-bond acceptors (Lipinski definition) is 5. The van der Waals surface area contributed by atoms with Crippen LogP contribution in [0.4, 0.5) is 0 Å². The second-order valence-electron chi connectivity index (χ2n) is 5.12. The fourth-order valence-electron chi connectivity index (χ4n) is 1.94. The van der Waals surface area contributed by atoms with Crippen molar-refractivity contribution < 1.29 is 24.3 Å². The number of aliphatic hydroxyl groups excluding tert-OH is 1. The van der Waals surface area contributed by atoms with E-state index in [2.05, 4.69) is 4.84 Å². The highest BCUT2D eigenvalue weighted by molar-refractivity contribution is 6.02. The molecule has 2 amide bonds. The molecule has 6 heteroatoms. The van der Waals surface area contributed by atoms with E-state index in [0.717, 1.165) is 11.6 Å². The number of benzene rings is 1. The van der Waals surface area contributed by atoms with E-state index in [-0.39, 0.29) is 18.6 Å². The summed E-state index contributed by atoms with van der Waals surface area (Å²) in [5.74, 6) is -2.73. The van der Waals surface area contributed by atoms with Gasteiger partial charge in [-0.25, -0.2) is 4.79 Å². The quantitative estimate of drug-likeness (QED) is 0.512. The third-order valence-corrected chi connectivity index (χ3v) is 3.30. The fraction of sp³-hybridized carbons (Fsp3) is 0.235. The van der Waals surface area contributed by atoms with Gasteiger partial charge in [0.15, 0.2) is 0 Å². The molecule has 120 valence electrons. The lowest BCUT2D eigenvalue weighted by molar-refractivity contribution is -0.193. The Morgan fingerprint density at radius 2 is 1.83 bits per heavy atom. The Bertz CT molecular complexity index is 647. The van der Waals surface area contributed by atoms with Crippen molar-refractivity contribution in [3.63, 3.8) is 0 Å². The van der Waals surface area contributed by atoms with Gasteiger partial charge < -0.3 is 9.94 Å². The molecule has 1 heterocycles. The van der Waals surface area contributed by atoms with E-state index in [4.69, 9.17) is 0 Å². The summed E-state index contributed by atoms with van der Waals surface area (Å²) in [7, 11) is 0. The lowest BCUT2D eigenvalue weighted by atomic mass is 10.1. The highest BCUT2D eigenvalue weighted by atomic mass is 16.7. The molecule has 1 aromatic rings. The summed E-state index contributed by atoms with van der Waals surface area (Å²) < 4.78 is 0. The number of amides is 2. The minimum atomic E-state index is -0.967. The third kappa shape index (κ3) is 4.54. The first-order valence-electron chi connectivity index (χ1n) is 7.19. The molecule has 1 aliphatic heterocycles. The average molecular weight is 315 g/mol. The third-order valence-electron chi connectivity index (χ3n) is 3.30. The Hall–Kier alpha value is -2.89. The predicted octanol–water partition coefficient (Wildman–Crippen LogP) is 2.38. The van der Waals surface area contributed by atoms with E-state index in [9.17, 15) is 19.5 Å². The molecular formula is C17H17NO5. The number of nitrogens with zero attached hydrogens (tertiary/aromatic N) is 1. The first kappa shape index (κ1) is 16.5.